The number of anilines is 1. The van der Waals surface area contributed by atoms with Crippen LogP contribution >= 0.6 is 0 Å². The zero-order valence-corrected chi connectivity index (χ0v) is 8.21. The van der Waals surface area contributed by atoms with Crippen LogP contribution in [-0.4, -0.2) is 17.4 Å². The standard InChI is InChI=1S/C11H8N2O3/c14-7-8-2-1-3-9(6-8)13-11(15)10-4-5-12-16-10/h1-7H,(H,13,15). The van der Waals surface area contributed by atoms with E-state index in [0.29, 0.717) is 17.5 Å². The molecule has 2 aromatic rings. The van der Waals surface area contributed by atoms with Crippen molar-refractivity contribution in [3.8, 4) is 0 Å². The van der Waals surface area contributed by atoms with Gasteiger partial charge in [0.15, 0.2) is 0 Å². The Labute approximate surface area is 91.1 Å². The summed E-state index contributed by atoms with van der Waals surface area (Å²) in [6, 6.07) is 8.04. The summed E-state index contributed by atoms with van der Waals surface area (Å²) < 4.78 is 4.69. The van der Waals surface area contributed by atoms with Crippen molar-refractivity contribution in [1.82, 2.24) is 5.16 Å². The van der Waals surface area contributed by atoms with E-state index in [-0.39, 0.29) is 5.76 Å². The van der Waals surface area contributed by atoms with Crippen LogP contribution in [0.3, 0.4) is 0 Å². The maximum Gasteiger partial charge on any atom is 0.294 e. The largest absolute Gasteiger partial charge is 0.351 e. The molecule has 1 aromatic heterocycles. The lowest BCUT2D eigenvalue weighted by Crippen LogP contribution is -2.10. The maximum atomic E-state index is 11.5. The van der Waals surface area contributed by atoms with Crippen molar-refractivity contribution >= 4 is 17.9 Å². The van der Waals surface area contributed by atoms with Crippen LogP contribution in [0.1, 0.15) is 20.9 Å². The van der Waals surface area contributed by atoms with E-state index in [2.05, 4.69) is 10.5 Å². The summed E-state index contributed by atoms with van der Waals surface area (Å²) in [6.07, 6.45) is 2.10. The van der Waals surface area contributed by atoms with Crippen LogP contribution < -0.4 is 5.32 Å². The molecular weight excluding hydrogens is 208 g/mol. The number of carbonyl (C=O) groups is 2. The van der Waals surface area contributed by atoms with Gasteiger partial charge in [-0.1, -0.05) is 17.3 Å². The third kappa shape index (κ3) is 2.14. The average molecular weight is 216 g/mol. The first kappa shape index (κ1) is 10.1. The Balaban J connectivity index is 2.15. The molecule has 5 nitrogen and oxygen atoms in total. The molecule has 0 radical (unpaired) electrons. The summed E-state index contributed by atoms with van der Waals surface area (Å²) in [5.41, 5.74) is 1.03. The molecule has 1 aromatic carbocycles. The van der Waals surface area contributed by atoms with Crippen LogP contribution in [0.2, 0.25) is 0 Å². The lowest BCUT2D eigenvalue weighted by atomic mass is 10.2. The van der Waals surface area contributed by atoms with Gasteiger partial charge in [0.2, 0.25) is 5.76 Å². The van der Waals surface area contributed by atoms with Gasteiger partial charge in [0, 0.05) is 17.3 Å². The molecule has 5 heteroatoms. The van der Waals surface area contributed by atoms with E-state index in [9.17, 15) is 9.59 Å². The van der Waals surface area contributed by atoms with Crippen LogP contribution in [0.4, 0.5) is 5.69 Å². The van der Waals surface area contributed by atoms with E-state index in [1.54, 1.807) is 24.3 Å². The van der Waals surface area contributed by atoms with Crippen LogP contribution in [0.15, 0.2) is 41.1 Å². The Hall–Kier alpha value is -2.43. The number of nitrogens with one attached hydrogen (secondary N) is 1. The normalized spacial score (nSPS) is 9.75. The molecule has 0 bridgehead atoms. The number of rotatable bonds is 3. The van der Waals surface area contributed by atoms with Gasteiger partial charge in [0.25, 0.3) is 5.91 Å². The summed E-state index contributed by atoms with van der Waals surface area (Å²) in [6.45, 7) is 0. The lowest BCUT2D eigenvalue weighted by molar-refractivity contribution is 0.0987. The fraction of sp³-hybridized carbons (Fsp3) is 0. The molecule has 0 aliphatic carbocycles. The molecule has 1 amide bonds. The first-order valence-electron chi connectivity index (χ1n) is 4.57. The summed E-state index contributed by atoms with van der Waals surface area (Å²) in [4.78, 5) is 22.1. The maximum absolute atomic E-state index is 11.5. The van der Waals surface area contributed by atoms with E-state index < -0.39 is 5.91 Å². The highest BCUT2D eigenvalue weighted by Crippen LogP contribution is 2.10. The quantitative estimate of drug-likeness (QED) is 0.793. The number of benzene rings is 1. The molecule has 0 spiro atoms. The van der Waals surface area contributed by atoms with E-state index in [1.165, 1.54) is 12.3 Å². The summed E-state index contributed by atoms with van der Waals surface area (Å²) in [5.74, 6) is -0.281. The van der Waals surface area contributed by atoms with Crippen molar-refractivity contribution in [1.29, 1.82) is 0 Å². The second kappa shape index (κ2) is 4.39. The smallest absolute Gasteiger partial charge is 0.294 e. The second-order valence-corrected chi connectivity index (χ2v) is 3.07. The number of amides is 1. The van der Waals surface area contributed by atoms with Crippen molar-refractivity contribution in [2.24, 2.45) is 0 Å². The molecule has 1 N–H and O–H groups in total. The van der Waals surface area contributed by atoms with Gasteiger partial charge in [-0.2, -0.15) is 0 Å². The second-order valence-electron chi connectivity index (χ2n) is 3.07. The molecule has 0 saturated heterocycles. The van der Waals surface area contributed by atoms with E-state index >= 15 is 0 Å². The SMILES string of the molecule is O=Cc1cccc(NC(=O)c2ccno2)c1. The molecule has 1 heterocycles. The number of aromatic nitrogens is 1. The van der Waals surface area contributed by atoms with Gasteiger partial charge in [-0.3, -0.25) is 9.59 Å². The first-order valence-corrected chi connectivity index (χ1v) is 4.57. The molecule has 80 valence electrons. The minimum atomic E-state index is -0.402. The molecule has 2 rings (SSSR count). The summed E-state index contributed by atoms with van der Waals surface area (Å²) >= 11 is 0. The first-order chi connectivity index (χ1) is 7.79. The summed E-state index contributed by atoms with van der Waals surface area (Å²) in [7, 11) is 0. The minimum absolute atomic E-state index is 0.122. The zero-order valence-electron chi connectivity index (χ0n) is 8.21. The Morgan fingerprint density at radius 2 is 2.25 bits per heavy atom. The number of hydrogen-bond donors (Lipinski definition) is 1. The van der Waals surface area contributed by atoms with Crippen LogP contribution in [-0.2, 0) is 0 Å². The van der Waals surface area contributed by atoms with E-state index in [0.717, 1.165) is 0 Å². The van der Waals surface area contributed by atoms with Gasteiger partial charge in [0.1, 0.15) is 6.29 Å². The number of carbonyl (C=O) groups excluding carboxylic acids is 2. The fourth-order valence-corrected chi connectivity index (χ4v) is 1.22. The molecule has 0 aliphatic heterocycles. The highest BCUT2D eigenvalue weighted by Gasteiger charge is 2.09. The zero-order chi connectivity index (χ0) is 11.4. The third-order valence-corrected chi connectivity index (χ3v) is 1.94. The predicted octanol–water partition coefficient (Wildman–Crippen LogP) is 1.74. The van der Waals surface area contributed by atoms with Crippen LogP contribution in [0.25, 0.3) is 0 Å². The van der Waals surface area contributed by atoms with Crippen molar-refractivity contribution in [2.45, 2.75) is 0 Å². The topological polar surface area (TPSA) is 72.2 Å². The Morgan fingerprint density at radius 1 is 1.38 bits per heavy atom. The molecule has 0 saturated carbocycles. The monoisotopic (exact) mass is 216 g/mol. The number of nitrogens with zero attached hydrogens (tertiary/aromatic N) is 1. The molecule has 0 unspecified atom stereocenters. The molecule has 16 heavy (non-hydrogen) atoms. The van der Waals surface area contributed by atoms with Crippen molar-refractivity contribution < 1.29 is 14.1 Å². The Morgan fingerprint density at radius 3 is 2.94 bits per heavy atom. The van der Waals surface area contributed by atoms with Gasteiger partial charge in [-0.15, -0.1) is 0 Å². The van der Waals surface area contributed by atoms with Crippen LogP contribution in [0, 0.1) is 0 Å². The summed E-state index contributed by atoms with van der Waals surface area (Å²) in [5, 5.41) is 6.01. The van der Waals surface area contributed by atoms with Gasteiger partial charge < -0.3 is 9.84 Å². The Kier molecular flexibility index (Phi) is 2.77. The van der Waals surface area contributed by atoms with E-state index in [4.69, 9.17) is 4.52 Å². The molecule has 0 aliphatic rings. The lowest BCUT2D eigenvalue weighted by Gasteiger charge is -2.02. The number of aldehydes is 1. The fourth-order valence-electron chi connectivity index (χ4n) is 1.22. The Bertz CT molecular complexity index is 506. The van der Waals surface area contributed by atoms with Crippen molar-refractivity contribution in [2.75, 3.05) is 5.32 Å². The van der Waals surface area contributed by atoms with Crippen molar-refractivity contribution in [3.63, 3.8) is 0 Å². The molecular formula is C11H8N2O3. The van der Waals surface area contributed by atoms with Crippen molar-refractivity contribution in [3.05, 3.63) is 47.9 Å². The minimum Gasteiger partial charge on any atom is -0.351 e. The van der Waals surface area contributed by atoms with Gasteiger partial charge in [-0.05, 0) is 12.1 Å². The highest BCUT2D eigenvalue weighted by molar-refractivity contribution is 6.02. The molecule has 0 fully saturated rings. The molecule has 0 atom stereocenters. The van der Waals surface area contributed by atoms with Gasteiger partial charge in [-0.25, -0.2) is 0 Å². The van der Waals surface area contributed by atoms with Gasteiger partial charge in [0.05, 0.1) is 6.20 Å². The third-order valence-electron chi connectivity index (χ3n) is 1.94. The van der Waals surface area contributed by atoms with E-state index in [1.807, 2.05) is 0 Å². The number of hydrogen-bond acceptors (Lipinski definition) is 4. The highest BCUT2D eigenvalue weighted by atomic mass is 16.5. The van der Waals surface area contributed by atoms with Gasteiger partial charge >= 0.3 is 0 Å². The predicted molar refractivity (Wildman–Crippen MR) is 56.3 cm³/mol. The average Bonchev–Trinajstić information content (AvgIpc) is 2.83. The van der Waals surface area contributed by atoms with Crippen LogP contribution in [0.5, 0.6) is 0 Å².